The van der Waals surface area contributed by atoms with Crippen molar-refractivity contribution in [3.8, 4) is 5.75 Å². The standard InChI is InChI=1S/C14H14N4O3/c1-8-15-14-16-11(13(19)20)7-12(18(14)17-8)9-3-5-10(21-2)6-4-9/h3-7,12H,1-2H3,(H,19,20)(H,15,16,17)/t12-/m1/s1. The minimum absolute atomic E-state index is 0.0933. The molecule has 1 aromatic carbocycles. The van der Waals surface area contributed by atoms with Crippen molar-refractivity contribution in [1.29, 1.82) is 0 Å². The van der Waals surface area contributed by atoms with E-state index in [0.717, 1.165) is 11.3 Å². The first-order valence-corrected chi connectivity index (χ1v) is 6.37. The molecule has 0 radical (unpaired) electrons. The molecule has 0 spiro atoms. The Kier molecular flexibility index (Phi) is 3.09. The molecule has 7 nitrogen and oxygen atoms in total. The number of hydrogen-bond acceptors (Lipinski definition) is 5. The summed E-state index contributed by atoms with van der Waals surface area (Å²) in [4.78, 5) is 15.4. The van der Waals surface area contributed by atoms with Gasteiger partial charge in [-0.15, -0.1) is 0 Å². The Morgan fingerprint density at radius 1 is 1.38 bits per heavy atom. The molecule has 2 aromatic rings. The summed E-state index contributed by atoms with van der Waals surface area (Å²) in [5.41, 5.74) is 0.998. The molecule has 1 aliphatic heterocycles. The van der Waals surface area contributed by atoms with Crippen LogP contribution in [0.25, 0.3) is 0 Å². The van der Waals surface area contributed by atoms with Crippen molar-refractivity contribution in [2.75, 3.05) is 12.4 Å². The molecule has 0 amide bonds. The fourth-order valence-electron chi connectivity index (χ4n) is 2.26. The average molecular weight is 286 g/mol. The van der Waals surface area contributed by atoms with Crippen LogP contribution in [0.15, 0.2) is 36.0 Å². The van der Waals surface area contributed by atoms with Gasteiger partial charge in [-0.3, -0.25) is 0 Å². The van der Waals surface area contributed by atoms with E-state index in [4.69, 9.17) is 4.74 Å². The Morgan fingerprint density at radius 2 is 2.10 bits per heavy atom. The van der Waals surface area contributed by atoms with Crippen molar-refractivity contribution in [2.24, 2.45) is 0 Å². The first-order valence-electron chi connectivity index (χ1n) is 6.37. The lowest BCUT2D eigenvalue weighted by Crippen LogP contribution is -2.24. The summed E-state index contributed by atoms with van der Waals surface area (Å²) in [5.74, 6) is 0.717. The number of benzene rings is 1. The number of carboxylic acid groups (broad SMARTS) is 1. The topological polar surface area (TPSA) is 89.3 Å². The van der Waals surface area contributed by atoms with E-state index in [9.17, 15) is 9.90 Å². The van der Waals surface area contributed by atoms with Crippen molar-refractivity contribution >= 4 is 11.9 Å². The normalized spacial score (nSPS) is 16.7. The van der Waals surface area contributed by atoms with Gasteiger partial charge in [0.05, 0.1) is 7.11 Å². The predicted octanol–water partition coefficient (Wildman–Crippen LogP) is 1.58. The quantitative estimate of drug-likeness (QED) is 0.890. The maximum atomic E-state index is 11.2. The monoisotopic (exact) mass is 286 g/mol. The van der Waals surface area contributed by atoms with E-state index >= 15 is 0 Å². The molecule has 3 rings (SSSR count). The van der Waals surface area contributed by atoms with E-state index in [1.165, 1.54) is 0 Å². The van der Waals surface area contributed by atoms with Gasteiger partial charge in [-0.2, -0.15) is 10.1 Å². The number of fused-ring (bicyclic) bond motifs is 1. The van der Waals surface area contributed by atoms with Crippen molar-refractivity contribution in [1.82, 2.24) is 14.8 Å². The fraction of sp³-hybridized carbons (Fsp3) is 0.214. The third-order valence-corrected chi connectivity index (χ3v) is 3.26. The molecule has 108 valence electrons. The molecule has 2 N–H and O–H groups in total. The Morgan fingerprint density at radius 3 is 2.71 bits per heavy atom. The fourth-order valence-corrected chi connectivity index (χ4v) is 2.26. The number of methoxy groups -OCH3 is 1. The van der Waals surface area contributed by atoms with Crippen molar-refractivity contribution in [3.05, 3.63) is 47.4 Å². The molecule has 1 atom stereocenters. The van der Waals surface area contributed by atoms with Gasteiger partial charge in [0.15, 0.2) is 0 Å². The van der Waals surface area contributed by atoms with Gasteiger partial charge in [0, 0.05) is 0 Å². The minimum Gasteiger partial charge on any atom is -0.497 e. The minimum atomic E-state index is -1.03. The number of anilines is 1. The number of allylic oxidation sites excluding steroid dienone is 1. The summed E-state index contributed by atoms with van der Waals surface area (Å²) >= 11 is 0. The molecule has 0 bridgehead atoms. The van der Waals surface area contributed by atoms with E-state index in [2.05, 4.69) is 15.4 Å². The molecule has 0 aliphatic carbocycles. The molecule has 0 saturated carbocycles. The lowest BCUT2D eigenvalue weighted by molar-refractivity contribution is -0.132. The number of nitrogens with zero attached hydrogens (tertiary/aromatic N) is 3. The zero-order valence-corrected chi connectivity index (χ0v) is 11.6. The highest BCUT2D eigenvalue weighted by Crippen LogP contribution is 2.29. The Hall–Kier alpha value is -2.83. The van der Waals surface area contributed by atoms with Gasteiger partial charge in [0.1, 0.15) is 23.3 Å². The number of aliphatic carboxylic acids is 1. The molecule has 0 unspecified atom stereocenters. The van der Waals surface area contributed by atoms with Gasteiger partial charge in [0.2, 0.25) is 5.95 Å². The summed E-state index contributed by atoms with van der Waals surface area (Å²) in [6.07, 6.45) is 1.62. The molecule has 1 aliphatic rings. The molecule has 21 heavy (non-hydrogen) atoms. The molecule has 0 saturated heterocycles. The molecule has 2 heterocycles. The third-order valence-electron chi connectivity index (χ3n) is 3.26. The van der Waals surface area contributed by atoms with E-state index in [1.807, 2.05) is 24.3 Å². The summed E-state index contributed by atoms with van der Waals surface area (Å²) in [6, 6.07) is 7.10. The maximum Gasteiger partial charge on any atom is 0.352 e. The lowest BCUT2D eigenvalue weighted by atomic mass is 10.0. The van der Waals surface area contributed by atoms with E-state index < -0.39 is 5.97 Å². The molecule has 1 aromatic heterocycles. The SMILES string of the molecule is COc1ccc([C@H]2C=C(C(=O)O)Nc3nc(C)nn32)cc1. The number of nitrogens with one attached hydrogen (secondary N) is 1. The Labute approximate surface area is 120 Å². The van der Waals surface area contributed by atoms with Crippen LogP contribution >= 0.6 is 0 Å². The second-order valence-electron chi connectivity index (χ2n) is 4.66. The number of carbonyl (C=O) groups is 1. The number of rotatable bonds is 3. The van der Waals surface area contributed by atoms with Gasteiger partial charge in [-0.1, -0.05) is 12.1 Å². The van der Waals surface area contributed by atoms with E-state index in [1.54, 1.807) is 24.8 Å². The number of carboxylic acids is 1. The maximum absolute atomic E-state index is 11.2. The van der Waals surface area contributed by atoms with Crippen LogP contribution in [0.1, 0.15) is 17.4 Å². The highest BCUT2D eigenvalue weighted by molar-refractivity contribution is 5.90. The van der Waals surface area contributed by atoms with Crippen LogP contribution in [0.5, 0.6) is 5.75 Å². The van der Waals surface area contributed by atoms with Gasteiger partial charge < -0.3 is 15.2 Å². The number of aromatic nitrogens is 3. The largest absolute Gasteiger partial charge is 0.497 e. The first kappa shape index (κ1) is 13.2. The summed E-state index contributed by atoms with van der Waals surface area (Å²) in [5, 5.41) is 16.3. The summed E-state index contributed by atoms with van der Waals surface area (Å²) in [6.45, 7) is 1.76. The van der Waals surface area contributed by atoms with Gasteiger partial charge in [-0.25, -0.2) is 9.48 Å². The smallest absolute Gasteiger partial charge is 0.352 e. The molecule has 0 fully saturated rings. The summed E-state index contributed by atoms with van der Waals surface area (Å²) in [7, 11) is 1.60. The van der Waals surface area contributed by atoms with E-state index in [-0.39, 0.29) is 11.7 Å². The first-order chi connectivity index (χ1) is 10.1. The molecule has 7 heteroatoms. The number of ether oxygens (including phenoxy) is 1. The van der Waals surface area contributed by atoms with Crippen LogP contribution in [0, 0.1) is 6.92 Å². The average Bonchev–Trinajstić information content (AvgIpc) is 2.86. The number of aryl methyl sites for hydroxylation is 1. The molecular weight excluding hydrogens is 272 g/mol. The Balaban J connectivity index is 2.07. The van der Waals surface area contributed by atoms with Crippen LogP contribution in [-0.4, -0.2) is 33.0 Å². The highest BCUT2D eigenvalue weighted by atomic mass is 16.5. The zero-order chi connectivity index (χ0) is 15.0. The van der Waals surface area contributed by atoms with Crippen LogP contribution in [0.4, 0.5) is 5.95 Å². The van der Waals surface area contributed by atoms with Crippen LogP contribution < -0.4 is 10.1 Å². The van der Waals surface area contributed by atoms with Crippen molar-refractivity contribution in [3.63, 3.8) is 0 Å². The second kappa shape index (κ2) is 4.93. The molecular formula is C14H14N4O3. The van der Waals surface area contributed by atoms with E-state index in [0.29, 0.717) is 11.8 Å². The highest BCUT2D eigenvalue weighted by Gasteiger charge is 2.26. The van der Waals surface area contributed by atoms with Gasteiger partial charge in [-0.05, 0) is 30.7 Å². The lowest BCUT2D eigenvalue weighted by Gasteiger charge is -2.22. The zero-order valence-electron chi connectivity index (χ0n) is 11.6. The predicted molar refractivity (Wildman–Crippen MR) is 75.2 cm³/mol. The second-order valence-corrected chi connectivity index (χ2v) is 4.66. The summed E-state index contributed by atoms with van der Waals surface area (Å²) < 4.78 is 6.80. The van der Waals surface area contributed by atoms with Gasteiger partial charge >= 0.3 is 5.97 Å². The third kappa shape index (κ3) is 2.33. The van der Waals surface area contributed by atoms with Crippen LogP contribution in [-0.2, 0) is 4.79 Å². The van der Waals surface area contributed by atoms with Crippen LogP contribution in [0.3, 0.4) is 0 Å². The van der Waals surface area contributed by atoms with Crippen LogP contribution in [0.2, 0.25) is 0 Å². The van der Waals surface area contributed by atoms with Crippen molar-refractivity contribution in [2.45, 2.75) is 13.0 Å². The Bertz CT molecular complexity index is 718. The van der Waals surface area contributed by atoms with Crippen molar-refractivity contribution < 1.29 is 14.6 Å². The number of hydrogen-bond donors (Lipinski definition) is 2. The van der Waals surface area contributed by atoms with Gasteiger partial charge in [0.25, 0.3) is 0 Å².